The average Bonchev–Trinajstić information content (AvgIpc) is 2.78. The van der Waals surface area contributed by atoms with Crippen LogP contribution in [-0.4, -0.2) is 18.3 Å². The molecule has 33 heavy (non-hydrogen) atoms. The van der Waals surface area contributed by atoms with E-state index in [0.29, 0.717) is 17.8 Å². The van der Waals surface area contributed by atoms with Crippen LogP contribution < -0.4 is 5.43 Å². The van der Waals surface area contributed by atoms with Gasteiger partial charge in [0.2, 0.25) is 0 Å². The molecule has 0 amide bonds. The lowest BCUT2D eigenvalue weighted by atomic mass is 9.47. The topological polar surface area (TPSA) is 50.7 Å². The zero-order valence-corrected chi connectivity index (χ0v) is 20.7. The zero-order chi connectivity index (χ0) is 23.5. The number of carbonyl (C=O) groups excluding carboxylic acids is 1. The summed E-state index contributed by atoms with van der Waals surface area (Å²) in [5.41, 5.74) is 6.18. The second kappa shape index (κ2) is 9.87. The van der Waals surface area contributed by atoms with Gasteiger partial charge in [0, 0.05) is 19.6 Å². The minimum atomic E-state index is -0.152. The van der Waals surface area contributed by atoms with Crippen molar-refractivity contribution in [2.45, 2.75) is 78.7 Å². The Morgan fingerprint density at radius 3 is 2.73 bits per heavy atom. The van der Waals surface area contributed by atoms with E-state index < -0.39 is 0 Å². The third kappa shape index (κ3) is 4.95. The molecule has 4 nitrogen and oxygen atoms in total. The highest BCUT2D eigenvalue weighted by atomic mass is 16.5. The van der Waals surface area contributed by atoms with Gasteiger partial charge >= 0.3 is 5.97 Å². The molecule has 4 heteroatoms. The minimum Gasteiger partial charge on any atom is -0.462 e. The average molecular weight is 449 g/mol. The van der Waals surface area contributed by atoms with E-state index in [9.17, 15) is 4.79 Å². The van der Waals surface area contributed by atoms with Gasteiger partial charge in [-0.05, 0) is 86.2 Å². The fourth-order valence-electron chi connectivity index (χ4n) is 7.14. The highest BCUT2D eigenvalue weighted by Crippen LogP contribution is 2.62. The van der Waals surface area contributed by atoms with E-state index in [0.717, 1.165) is 37.8 Å². The van der Waals surface area contributed by atoms with Crippen LogP contribution in [0.1, 0.15) is 72.6 Å². The number of esters is 1. The number of hydrogen-bond donors (Lipinski definition) is 1. The summed E-state index contributed by atoms with van der Waals surface area (Å²) < 4.78 is 5.60. The summed E-state index contributed by atoms with van der Waals surface area (Å²) in [6.07, 6.45) is 17.0. The van der Waals surface area contributed by atoms with Gasteiger partial charge in [0.15, 0.2) is 0 Å². The van der Waals surface area contributed by atoms with Crippen molar-refractivity contribution in [3.8, 4) is 0 Å². The van der Waals surface area contributed by atoms with Crippen LogP contribution in [0.5, 0.6) is 0 Å². The molecule has 1 aromatic rings. The van der Waals surface area contributed by atoms with E-state index in [2.05, 4.69) is 55.7 Å². The van der Waals surface area contributed by atoms with E-state index in [4.69, 9.17) is 4.74 Å². The van der Waals surface area contributed by atoms with Crippen molar-refractivity contribution in [1.29, 1.82) is 0 Å². The van der Waals surface area contributed by atoms with Crippen molar-refractivity contribution in [1.82, 2.24) is 0 Å². The molecule has 0 unspecified atom stereocenters. The number of allylic oxidation sites excluding steroid dienone is 3. The number of hydrazone groups is 1. The molecule has 0 heterocycles. The van der Waals surface area contributed by atoms with Crippen LogP contribution in [0.15, 0.2) is 59.2 Å². The van der Waals surface area contributed by atoms with Crippen molar-refractivity contribution in [3.05, 3.63) is 54.1 Å². The maximum Gasteiger partial charge on any atom is 0.302 e. The molecule has 0 aliphatic heterocycles. The van der Waals surface area contributed by atoms with Gasteiger partial charge in [-0.3, -0.25) is 10.2 Å². The Balaban J connectivity index is 1.53. The Kier molecular flexibility index (Phi) is 7.11. The number of anilines is 1. The Morgan fingerprint density at radius 1 is 1.21 bits per heavy atom. The second-order valence-corrected chi connectivity index (χ2v) is 10.8. The molecule has 3 aliphatic rings. The number of hydrogen-bond acceptors (Lipinski definition) is 4. The van der Waals surface area contributed by atoms with Gasteiger partial charge in [0.1, 0.15) is 6.10 Å². The first-order chi connectivity index (χ1) is 15.9. The summed E-state index contributed by atoms with van der Waals surface area (Å²) in [5, 5.41) is 4.57. The first kappa shape index (κ1) is 23.8. The van der Waals surface area contributed by atoms with Crippen LogP contribution in [0.25, 0.3) is 0 Å². The summed E-state index contributed by atoms with van der Waals surface area (Å²) in [7, 11) is 0. The van der Waals surface area contributed by atoms with Gasteiger partial charge in [-0.25, -0.2) is 0 Å². The number of rotatable bonds is 6. The van der Waals surface area contributed by atoms with Crippen LogP contribution in [0.4, 0.5) is 5.69 Å². The Hall–Kier alpha value is -2.36. The van der Waals surface area contributed by atoms with Gasteiger partial charge in [-0.1, -0.05) is 55.8 Å². The monoisotopic (exact) mass is 448 g/mol. The molecule has 0 radical (unpaired) electrons. The molecule has 4 rings (SSSR count). The van der Waals surface area contributed by atoms with E-state index in [1.807, 2.05) is 30.3 Å². The Morgan fingerprint density at radius 2 is 2.00 bits per heavy atom. The van der Waals surface area contributed by atoms with Gasteiger partial charge in [0.25, 0.3) is 0 Å². The zero-order valence-electron chi connectivity index (χ0n) is 20.7. The van der Waals surface area contributed by atoms with Crippen LogP contribution in [0.3, 0.4) is 0 Å². The van der Waals surface area contributed by atoms with Crippen molar-refractivity contribution in [3.63, 3.8) is 0 Å². The van der Waals surface area contributed by atoms with Gasteiger partial charge in [-0.15, -0.1) is 0 Å². The molecule has 0 spiro atoms. The first-order valence-corrected chi connectivity index (χ1v) is 12.7. The van der Waals surface area contributed by atoms with Crippen LogP contribution in [0, 0.1) is 28.6 Å². The molecular formula is C29H40N2O2. The number of para-hydroxylation sites is 1. The molecule has 6 atom stereocenters. The van der Waals surface area contributed by atoms with Crippen LogP contribution in [-0.2, 0) is 9.53 Å². The summed E-state index contributed by atoms with van der Waals surface area (Å²) in [6, 6.07) is 10.1. The smallest absolute Gasteiger partial charge is 0.302 e. The van der Waals surface area contributed by atoms with Gasteiger partial charge in [-0.2, -0.15) is 5.10 Å². The maximum absolute atomic E-state index is 11.5. The number of benzene rings is 1. The predicted octanol–water partition coefficient (Wildman–Crippen LogP) is 7.15. The summed E-state index contributed by atoms with van der Waals surface area (Å²) in [5.74, 6) is 1.76. The van der Waals surface area contributed by atoms with Crippen molar-refractivity contribution in [2.24, 2.45) is 33.7 Å². The number of carbonyl (C=O) groups is 1. The van der Waals surface area contributed by atoms with Crippen molar-refractivity contribution >= 4 is 17.9 Å². The summed E-state index contributed by atoms with van der Waals surface area (Å²) in [6.45, 7) is 8.61. The lowest BCUT2D eigenvalue weighted by Gasteiger charge is -2.58. The van der Waals surface area contributed by atoms with E-state index in [1.165, 1.54) is 25.3 Å². The normalized spacial score (nSPS) is 36.2. The molecule has 0 bridgehead atoms. The fraction of sp³-hybridized carbons (Fsp3) is 0.586. The lowest BCUT2D eigenvalue weighted by molar-refractivity contribution is -0.148. The number of nitrogens with one attached hydrogen (secondary N) is 1. The van der Waals surface area contributed by atoms with E-state index in [-0.39, 0.29) is 22.9 Å². The Bertz CT molecular complexity index is 921. The first-order valence-electron chi connectivity index (χ1n) is 12.7. The summed E-state index contributed by atoms with van der Waals surface area (Å²) in [4.78, 5) is 11.5. The largest absolute Gasteiger partial charge is 0.462 e. The van der Waals surface area contributed by atoms with Crippen molar-refractivity contribution in [2.75, 3.05) is 5.43 Å². The lowest BCUT2D eigenvalue weighted by Crippen LogP contribution is -2.50. The number of nitrogens with zero attached hydrogens (tertiary/aromatic N) is 1. The molecule has 0 aromatic heterocycles. The standard InChI is InChI=1S/C29H40N2O2/c1-5-16-28(3)17-14-27-25(26(28)15-19-30-31-23-9-7-6-8-10-23)12-11-22-20-24(33-21(2)32)13-18-29(22,27)4/h5-11,16,19,24-27,31H,12-15,17-18,20H2,1-4H3/b16-5+,30-19+/t24-,25-,26-,27-,28-,29-/m0/s1. The molecule has 178 valence electrons. The number of fused-ring (bicyclic) bond motifs is 3. The second-order valence-electron chi connectivity index (χ2n) is 10.8. The predicted molar refractivity (Wildman–Crippen MR) is 136 cm³/mol. The molecular weight excluding hydrogens is 408 g/mol. The molecule has 0 saturated heterocycles. The third-order valence-electron chi connectivity index (χ3n) is 8.79. The molecule has 1 aromatic carbocycles. The fourth-order valence-corrected chi connectivity index (χ4v) is 7.14. The van der Waals surface area contributed by atoms with Crippen LogP contribution in [0.2, 0.25) is 0 Å². The maximum atomic E-state index is 11.5. The SMILES string of the molecule is C/C=C/[C@@]1(C)CC[C@H]2[C@@H](CC=C3C[C@@H](OC(C)=O)CC[C@@]32C)[C@@H]1C/C=N/Nc1ccccc1. The van der Waals surface area contributed by atoms with E-state index in [1.54, 1.807) is 0 Å². The Labute approximate surface area is 199 Å². The molecule has 2 saturated carbocycles. The summed E-state index contributed by atoms with van der Waals surface area (Å²) >= 11 is 0. The third-order valence-corrected chi connectivity index (χ3v) is 8.79. The molecule has 3 aliphatic carbocycles. The highest BCUT2D eigenvalue weighted by Gasteiger charge is 2.54. The number of ether oxygens (including phenoxy) is 1. The van der Waals surface area contributed by atoms with Crippen molar-refractivity contribution < 1.29 is 9.53 Å². The highest BCUT2D eigenvalue weighted by molar-refractivity contribution is 5.66. The quantitative estimate of drug-likeness (QED) is 0.217. The van der Waals surface area contributed by atoms with E-state index >= 15 is 0 Å². The van der Waals surface area contributed by atoms with Gasteiger partial charge in [0.05, 0.1) is 5.69 Å². The van der Waals surface area contributed by atoms with Crippen LogP contribution >= 0.6 is 0 Å². The molecule has 2 fully saturated rings. The minimum absolute atomic E-state index is 0.0576. The molecule has 1 N–H and O–H groups in total. The van der Waals surface area contributed by atoms with Gasteiger partial charge < -0.3 is 4.74 Å².